The van der Waals surface area contributed by atoms with Gasteiger partial charge in [0.1, 0.15) is 0 Å². The number of aliphatic carboxylic acids is 1. The average Bonchev–Trinajstić information content (AvgIpc) is 2.35. The van der Waals surface area contributed by atoms with E-state index < -0.39 is 44.8 Å². The highest BCUT2D eigenvalue weighted by Crippen LogP contribution is 2.28. The van der Waals surface area contributed by atoms with Crippen molar-refractivity contribution in [3.63, 3.8) is 0 Å². The minimum atomic E-state index is -3.99. The molecule has 0 aliphatic carbocycles. The molecule has 1 aromatic rings. The molecule has 0 saturated carbocycles. The molecule has 116 valence electrons. The summed E-state index contributed by atoms with van der Waals surface area (Å²) in [7, 11) is -3.99. The van der Waals surface area contributed by atoms with E-state index >= 15 is 0 Å². The van der Waals surface area contributed by atoms with Gasteiger partial charge in [0.25, 0.3) is 5.69 Å². The highest BCUT2D eigenvalue weighted by molar-refractivity contribution is 7.91. The van der Waals surface area contributed by atoms with Crippen LogP contribution in [0, 0.1) is 10.1 Å². The van der Waals surface area contributed by atoms with Gasteiger partial charge >= 0.3 is 5.97 Å². The predicted octanol–water partition coefficient (Wildman–Crippen LogP) is 0.560. The summed E-state index contributed by atoms with van der Waals surface area (Å²) >= 11 is 0. The van der Waals surface area contributed by atoms with E-state index in [1.165, 1.54) is 6.07 Å². The summed E-state index contributed by atoms with van der Waals surface area (Å²) in [5, 5.41) is 22.0. The van der Waals surface area contributed by atoms with Gasteiger partial charge in [-0.2, -0.15) is 0 Å². The zero-order valence-corrected chi connectivity index (χ0v) is 12.0. The number of nitrogens with two attached hydrogens (primary N) is 1. The lowest BCUT2D eigenvalue weighted by Gasteiger charge is -2.14. The Morgan fingerprint density at radius 2 is 2.14 bits per heavy atom. The summed E-state index contributed by atoms with van der Waals surface area (Å²) in [6.07, 6.45) is -1.18. The van der Waals surface area contributed by atoms with E-state index in [2.05, 4.69) is 5.32 Å². The molecule has 1 atom stereocenters. The second kappa shape index (κ2) is 6.50. The minimum Gasteiger partial charge on any atom is -0.481 e. The third-order valence-electron chi connectivity index (χ3n) is 2.48. The third kappa shape index (κ3) is 4.68. The zero-order chi connectivity index (χ0) is 16.2. The Labute approximate surface area is 120 Å². The van der Waals surface area contributed by atoms with E-state index in [9.17, 15) is 23.3 Å². The molecule has 0 aliphatic rings. The molecule has 0 saturated heterocycles. The number of benzene rings is 1. The van der Waals surface area contributed by atoms with E-state index in [0.29, 0.717) is 0 Å². The Kier molecular flexibility index (Phi) is 5.22. The molecule has 1 rings (SSSR count). The monoisotopic (exact) mass is 317 g/mol. The second-order valence-corrected chi connectivity index (χ2v) is 6.41. The molecular formula is C11H15N3O6S. The van der Waals surface area contributed by atoms with Gasteiger partial charge in [0.05, 0.1) is 33.8 Å². The molecule has 10 heteroatoms. The smallest absolute Gasteiger partial charge is 0.304 e. The summed E-state index contributed by atoms with van der Waals surface area (Å²) < 4.78 is 24.3. The predicted molar refractivity (Wildman–Crippen MR) is 74.7 cm³/mol. The molecule has 1 unspecified atom stereocenters. The van der Waals surface area contributed by atoms with Gasteiger partial charge in [-0.1, -0.05) is 0 Å². The Bertz CT molecular complexity index is 656. The minimum absolute atomic E-state index is 0.0981. The van der Waals surface area contributed by atoms with Gasteiger partial charge in [-0.3, -0.25) is 14.9 Å². The number of rotatable bonds is 7. The molecule has 0 aliphatic heterocycles. The van der Waals surface area contributed by atoms with E-state index in [4.69, 9.17) is 10.8 Å². The van der Waals surface area contributed by atoms with Crippen LogP contribution in [0.3, 0.4) is 0 Å². The van der Waals surface area contributed by atoms with Crippen LogP contribution >= 0.6 is 0 Å². The number of nitrogens with one attached hydrogen (secondary N) is 1. The summed E-state index contributed by atoms with van der Waals surface area (Å²) in [6.45, 7) is 1.56. The summed E-state index contributed by atoms with van der Waals surface area (Å²) in [4.78, 5) is 20.2. The Hall–Kier alpha value is -2.20. The highest BCUT2D eigenvalue weighted by atomic mass is 32.2. The van der Waals surface area contributed by atoms with Crippen molar-refractivity contribution >= 4 is 27.2 Å². The molecule has 21 heavy (non-hydrogen) atoms. The van der Waals surface area contributed by atoms with Crippen LogP contribution in [0.2, 0.25) is 0 Å². The summed E-state index contributed by atoms with van der Waals surface area (Å²) in [6, 6.07) is 3.26. The molecule has 4 N–H and O–H groups in total. The zero-order valence-electron chi connectivity index (χ0n) is 11.1. The topological polar surface area (TPSA) is 153 Å². The number of anilines is 1. The number of carboxylic acid groups (broad SMARTS) is 1. The van der Waals surface area contributed by atoms with Crippen LogP contribution in [0.1, 0.15) is 13.3 Å². The molecule has 0 heterocycles. The van der Waals surface area contributed by atoms with Gasteiger partial charge in [-0.15, -0.1) is 0 Å². The van der Waals surface area contributed by atoms with Gasteiger partial charge in [0, 0.05) is 12.1 Å². The fourth-order valence-corrected chi connectivity index (χ4v) is 3.00. The number of carbonyl (C=O) groups is 1. The molecule has 0 radical (unpaired) electrons. The first kappa shape index (κ1) is 16.9. The SMILES string of the molecule is CC(N)Nc1ccc([N+](=O)[O-])cc1S(=O)(=O)CCC(=O)O. The van der Waals surface area contributed by atoms with Crippen LogP contribution < -0.4 is 11.1 Å². The molecule has 1 aromatic carbocycles. The van der Waals surface area contributed by atoms with Crippen molar-refractivity contribution in [3.05, 3.63) is 28.3 Å². The lowest BCUT2D eigenvalue weighted by molar-refractivity contribution is -0.385. The molecule has 0 bridgehead atoms. The van der Waals surface area contributed by atoms with Crippen LogP contribution in [0.25, 0.3) is 0 Å². The first-order valence-electron chi connectivity index (χ1n) is 5.88. The largest absolute Gasteiger partial charge is 0.481 e. The van der Waals surface area contributed by atoms with Crippen molar-refractivity contribution in [1.29, 1.82) is 0 Å². The average molecular weight is 317 g/mol. The van der Waals surface area contributed by atoms with Gasteiger partial charge < -0.3 is 16.2 Å². The number of carboxylic acids is 1. The molecule has 0 aromatic heterocycles. The van der Waals surface area contributed by atoms with E-state index in [0.717, 1.165) is 12.1 Å². The van der Waals surface area contributed by atoms with Crippen molar-refractivity contribution in [3.8, 4) is 0 Å². The van der Waals surface area contributed by atoms with Gasteiger partial charge in [0.15, 0.2) is 9.84 Å². The van der Waals surface area contributed by atoms with Crippen molar-refractivity contribution < 1.29 is 23.2 Å². The second-order valence-electron chi connectivity index (χ2n) is 4.33. The van der Waals surface area contributed by atoms with E-state index in [1.54, 1.807) is 6.92 Å². The lowest BCUT2D eigenvalue weighted by atomic mass is 10.3. The molecule has 9 nitrogen and oxygen atoms in total. The lowest BCUT2D eigenvalue weighted by Crippen LogP contribution is -2.26. The number of nitro groups is 1. The van der Waals surface area contributed by atoms with Crippen molar-refractivity contribution in [2.75, 3.05) is 11.1 Å². The van der Waals surface area contributed by atoms with E-state index in [-0.39, 0.29) is 10.6 Å². The number of nitro benzene ring substituents is 1. The maximum absolute atomic E-state index is 12.1. The molecule has 0 spiro atoms. The fraction of sp³-hybridized carbons (Fsp3) is 0.364. The van der Waals surface area contributed by atoms with Crippen LogP contribution in [0.4, 0.5) is 11.4 Å². The van der Waals surface area contributed by atoms with Crippen molar-refractivity contribution in [2.24, 2.45) is 5.73 Å². The first-order chi connectivity index (χ1) is 9.63. The highest BCUT2D eigenvalue weighted by Gasteiger charge is 2.23. The molecule has 0 fully saturated rings. The van der Waals surface area contributed by atoms with Crippen molar-refractivity contribution in [1.82, 2.24) is 0 Å². The maximum atomic E-state index is 12.1. The van der Waals surface area contributed by atoms with Crippen LogP contribution in [-0.4, -0.2) is 36.3 Å². The molecular weight excluding hydrogens is 302 g/mol. The maximum Gasteiger partial charge on any atom is 0.304 e. The van der Waals surface area contributed by atoms with Gasteiger partial charge in [-0.05, 0) is 13.0 Å². The molecule has 0 amide bonds. The number of sulfone groups is 1. The first-order valence-corrected chi connectivity index (χ1v) is 7.54. The van der Waals surface area contributed by atoms with Crippen molar-refractivity contribution in [2.45, 2.75) is 24.4 Å². The Morgan fingerprint density at radius 3 is 2.62 bits per heavy atom. The van der Waals surface area contributed by atoms with Crippen LogP contribution in [0.5, 0.6) is 0 Å². The summed E-state index contributed by atoms with van der Waals surface area (Å²) in [5.74, 6) is -1.93. The Balaban J connectivity index is 3.30. The number of non-ortho nitro benzene ring substituents is 1. The summed E-state index contributed by atoms with van der Waals surface area (Å²) in [5.41, 5.74) is 5.22. The number of hydrogen-bond acceptors (Lipinski definition) is 7. The van der Waals surface area contributed by atoms with E-state index in [1.807, 2.05) is 0 Å². The number of nitrogens with zero attached hydrogens (tertiary/aromatic N) is 1. The van der Waals surface area contributed by atoms with Crippen LogP contribution in [0.15, 0.2) is 23.1 Å². The standard InChI is InChI=1S/C11H15N3O6S/c1-7(12)13-9-3-2-8(14(17)18)6-10(9)21(19,20)5-4-11(15)16/h2-3,6-7,13H,4-5,12H2,1H3,(H,15,16). The Morgan fingerprint density at radius 1 is 1.52 bits per heavy atom. The van der Waals surface area contributed by atoms with Gasteiger partial charge in [-0.25, -0.2) is 8.42 Å². The quantitative estimate of drug-likeness (QED) is 0.374. The number of hydrogen-bond donors (Lipinski definition) is 3. The van der Waals surface area contributed by atoms with Crippen LogP contribution in [-0.2, 0) is 14.6 Å². The van der Waals surface area contributed by atoms with Gasteiger partial charge in [0.2, 0.25) is 0 Å². The normalized spacial score (nSPS) is 12.7. The fourth-order valence-electron chi connectivity index (χ4n) is 1.58. The third-order valence-corrected chi connectivity index (χ3v) is 4.23.